The Bertz CT molecular complexity index is 428. The Kier molecular flexibility index (Phi) is 6.69. The summed E-state index contributed by atoms with van der Waals surface area (Å²) in [4.78, 5) is 12.3. The van der Waals surface area contributed by atoms with Crippen LogP contribution in [0.2, 0.25) is 5.02 Å². The number of carboxylic acids is 1. The third-order valence-electron chi connectivity index (χ3n) is 2.93. The van der Waals surface area contributed by atoms with Crippen LogP contribution < -0.4 is 5.32 Å². The van der Waals surface area contributed by atoms with E-state index in [1.807, 2.05) is 31.2 Å². The second-order valence-corrected chi connectivity index (χ2v) is 6.14. The van der Waals surface area contributed by atoms with Crippen LogP contribution in [-0.4, -0.2) is 28.9 Å². The number of thioether (sulfide) groups is 1. The molecule has 0 heterocycles. The first-order valence-corrected chi connectivity index (χ1v) is 7.71. The van der Waals surface area contributed by atoms with Gasteiger partial charge in [0.05, 0.1) is 5.02 Å². The van der Waals surface area contributed by atoms with Crippen molar-refractivity contribution < 1.29 is 9.90 Å². The topological polar surface area (TPSA) is 49.3 Å². The Morgan fingerprint density at radius 2 is 2.16 bits per heavy atom. The molecule has 0 fully saturated rings. The molecule has 0 bridgehead atoms. The molecule has 5 heteroatoms. The maximum atomic E-state index is 11.3. The SMILES string of the molecule is CCCNC(C)(CCSc1ccccc1Cl)C(=O)O. The molecular weight excluding hydrogens is 282 g/mol. The first-order chi connectivity index (χ1) is 8.99. The van der Waals surface area contributed by atoms with Crippen molar-refractivity contribution in [3.63, 3.8) is 0 Å². The molecule has 1 atom stereocenters. The van der Waals surface area contributed by atoms with E-state index in [0.29, 0.717) is 23.7 Å². The molecule has 19 heavy (non-hydrogen) atoms. The molecule has 0 saturated heterocycles. The Morgan fingerprint density at radius 1 is 1.47 bits per heavy atom. The van der Waals surface area contributed by atoms with Crippen LogP contribution in [0.3, 0.4) is 0 Å². The molecule has 0 amide bonds. The maximum absolute atomic E-state index is 11.3. The van der Waals surface area contributed by atoms with Crippen LogP contribution in [0.4, 0.5) is 0 Å². The molecule has 0 saturated carbocycles. The van der Waals surface area contributed by atoms with E-state index in [4.69, 9.17) is 11.6 Å². The lowest BCUT2D eigenvalue weighted by Gasteiger charge is -2.26. The third kappa shape index (κ3) is 5.05. The van der Waals surface area contributed by atoms with Crippen LogP contribution in [0.1, 0.15) is 26.7 Å². The molecule has 1 aromatic carbocycles. The second kappa shape index (κ2) is 7.78. The predicted molar refractivity (Wildman–Crippen MR) is 81.1 cm³/mol. The second-order valence-electron chi connectivity index (χ2n) is 4.59. The van der Waals surface area contributed by atoms with Gasteiger partial charge in [-0.15, -0.1) is 11.8 Å². The van der Waals surface area contributed by atoms with E-state index >= 15 is 0 Å². The van der Waals surface area contributed by atoms with Crippen molar-refractivity contribution in [3.8, 4) is 0 Å². The number of hydrogen-bond acceptors (Lipinski definition) is 3. The zero-order valence-electron chi connectivity index (χ0n) is 11.3. The van der Waals surface area contributed by atoms with Crippen LogP contribution in [0, 0.1) is 0 Å². The molecule has 0 aliphatic heterocycles. The molecule has 2 N–H and O–H groups in total. The molecule has 1 unspecified atom stereocenters. The summed E-state index contributed by atoms with van der Waals surface area (Å²) < 4.78 is 0. The summed E-state index contributed by atoms with van der Waals surface area (Å²) in [5.41, 5.74) is -0.871. The van der Waals surface area contributed by atoms with Crippen LogP contribution in [0.5, 0.6) is 0 Å². The first kappa shape index (κ1) is 16.3. The van der Waals surface area contributed by atoms with E-state index in [2.05, 4.69) is 5.32 Å². The van der Waals surface area contributed by atoms with Gasteiger partial charge in [-0.3, -0.25) is 4.79 Å². The smallest absolute Gasteiger partial charge is 0.323 e. The summed E-state index contributed by atoms with van der Waals surface area (Å²) in [7, 11) is 0. The molecule has 0 aliphatic carbocycles. The summed E-state index contributed by atoms with van der Waals surface area (Å²) in [5.74, 6) is -0.0933. The maximum Gasteiger partial charge on any atom is 0.323 e. The van der Waals surface area contributed by atoms with E-state index in [1.165, 1.54) is 0 Å². The van der Waals surface area contributed by atoms with Gasteiger partial charge in [0, 0.05) is 10.6 Å². The molecule has 0 spiro atoms. The van der Waals surface area contributed by atoms with Crippen molar-refractivity contribution in [2.24, 2.45) is 0 Å². The van der Waals surface area contributed by atoms with Gasteiger partial charge in [0.25, 0.3) is 0 Å². The van der Waals surface area contributed by atoms with Crippen molar-refractivity contribution in [3.05, 3.63) is 29.3 Å². The zero-order chi connectivity index (χ0) is 14.3. The minimum absolute atomic E-state index is 0.554. The highest BCUT2D eigenvalue weighted by molar-refractivity contribution is 7.99. The van der Waals surface area contributed by atoms with Crippen molar-refractivity contribution in [1.29, 1.82) is 0 Å². The van der Waals surface area contributed by atoms with Gasteiger partial charge in [-0.05, 0) is 38.4 Å². The van der Waals surface area contributed by atoms with Gasteiger partial charge in [-0.2, -0.15) is 0 Å². The zero-order valence-corrected chi connectivity index (χ0v) is 12.9. The van der Waals surface area contributed by atoms with E-state index in [9.17, 15) is 9.90 Å². The highest BCUT2D eigenvalue weighted by atomic mass is 35.5. The first-order valence-electron chi connectivity index (χ1n) is 6.35. The van der Waals surface area contributed by atoms with Crippen LogP contribution in [0.25, 0.3) is 0 Å². The Morgan fingerprint density at radius 3 is 2.74 bits per heavy atom. The van der Waals surface area contributed by atoms with Crippen LogP contribution in [-0.2, 0) is 4.79 Å². The summed E-state index contributed by atoms with van der Waals surface area (Å²) in [6.45, 7) is 4.46. The average Bonchev–Trinajstić information content (AvgIpc) is 2.38. The Labute approximate surface area is 123 Å². The molecular formula is C14H20ClNO2S. The lowest BCUT2D eigenvalue weighted by molar-refractivity contribution is -0.144. The van der Waals surface area contributed by atoms with Crippen molar-refractivity contribution in [1.82, 2.24) is 5.32 Å². The van der Waals surface area contributed by atoms with E-state index < -0.39 is 11.5 Å². The monoisotopic (exact) mass is 301 g/mol. The van der Waals surface area contributed by atoms with Crippen molar-refractivity contribution >= 4 is 29.3 Å². The van der Waals surface area contributed by atoms with Gasteiger partial charge < -0.3 is 10.4 Å². The summed E-state index contributed by atoms with van der Waals surface area (Å²) >= 11 is 7.66. The fourth-order valence-corrected chi connectivity index (χ4v) is 3.01. The molecule has 0 aliphatic rings. The summed E-state index contributed by atoms with van der Waals surface area (Å²) in [5, 5.41) is 13.1. The number of carboxylic acid groups (broad SMARTS) is 1. The molecule has 106 valence electrons. The third-order valence-corrected chi connectivity index (χ3v) is 4.45. The number of aliphatic carboxylic acids is 1. The molecule has 1 rings (SSSR count). The van der Waals surface area contributed by atoms with E-state index in [-0.39, 0.29) is 0 Å². The molecule has 0 radical (unpaired) electrons. The van der Waals surface area contributed by atoms with E-state index in [1.54, 1.807) is 18.7 Å². The number of benzene rings is 1. The normalized spacial score (nSPS) is 14.1. The van der Waals surface area contributed by atoms with Gasteiger partial charge in [0.1, 0.15) is 5.54 Å². The lowest BCUT2D eigenvalue weighted by Crippen LogP contribution is -2.50. The standard InChI is InChI=1S/C14H20ClNO2S/c1-3-9-16-14(2,13(17)18)8-10-19-12-7-5-4-6-11(12)15/h4-7,16H,3,8-10H2,1-2H3,(H,17,18). The van der Waals surface area contributed by atoms with Gasteiger partial charge in [-0.1, -0.05) is 30.7 Å². The van der Waals surface area contributed by atoms with Gasteiger partial charge in [0.15, 0.2) is 0 Å². The largest absolute Gasteiger partial charge is 0.480 e. The van der Waals surface area contributed by atoms with Crippen molar-refractivity contribution in [2.75, 3.05) is 12.3 Å². The number of carbonyl (C=O) groups is 1. The fraction of sp³-hybridized carbons (Fsp3) is 0.500. The summed E-state index contributed by atoms with van der Waals surface area (Å²) in [6.07, 6.45) is 1.47. The molecule has 1 aromatic rings. The van der Waals surface area contributed by atoms with Gasteiger partial charge in [0.2, 0.25) is 0 Å². The number of hydrogen-bond donors (Lipinski definition) is 2. The quantitative estimate of drug-likeness (QED) is 0.719. The Balaban J connectivity index is 2.53. The van der Waals surface area contributed by atoms with Gasteiger partial charge in [-0.25, -0.2) is 0 Å². The number of nitrogens with one attached hydrogen (secondary N) is 1. The minimum atomic E-state index is -0.871. The highest BCUT2D eigenvalue weighted by Gasteiger charge is 2.31. The predicted octanol–water partition coefficient (Wildman–Crippen LogP) is 3.67. The number of rotatable bonds is 8. The molecule has 3 nitrogen and oxygen atoms in total. The highest BCUT2D eigenvalue weighted by Crippen LogP contribution is 2.28. The average molecular weight is 302 g/mol. The molecule has 0 aromatic heterocycles. The fourth-order valence-electron chi connectivity index (χ4n) is 1.60. The van der Waals surface area contributed by atoms with Crippen molar-refractivity contribution in [2.45, 2.75) is 37.1 Å². The Hall–Kier alpha value is -0.710. The van der Waals surface area contributed by atoms with Crippen LogP contribution >= 0.6 is 23.4 Å². The van der Waals surface area contributed by atoms with E-state index in [0.717, 1.165) is 11.3 Å². The van der Waals surface area contributed by atoms with Crippen LogP contribution in [0.15, 0.2) is 29.2 Å². The minimum Gasteiger partial charge on any atom is -0.480 e. The lowest BCUT2D eigenvalue weighted by atomic mass is 9.99. The number of halogens is 1. The summed E-state index contributed by atoms with van der Waals surface area (Å²) in [6, 6.07) is 7.61. The van der Waals surface area contributed by atoms with Gasteiger partial charge >= 0.3 is 5.97 Å².